The number of rotatable bonds is 7. The van der Waals surface area contributed by atoms with Gasteiger partial charge in [0.05, 0.1) is 11.8 Å². The SMILES string of the molecule is CC(C)Cc1ccc([C@H](C)NC(=O)CSc2ccc(F)c(F)c2)cc1. The van der Waals surface area contributed by atoms with E-state index in [9.17, 15) is 13.6 Å². The molecule has 0 aliphatic carbocycles. The van der Waals surface area contributed by atoms with E-state index >= 15 is 0 Å². The molecule has 0 radical (unpaired) electrons. The maximum absolute atomic E-state index is 13.2. The molecule has 0 spiro atoms. The van der Waals surface area contributed by atoms with Crippen LogP contribution in [0.15, 0.2) is 47.4 Å². The number of nitrogens with one attached hydrogen (secondary N) is 1. The van der Waals surface area contributed by atoms with Gasteiger partial charge in [0.2, 0.25) is 5.91 Å². The Morgan fingerprint density at radius 2 is 1.72 bits per heavy atom. The van der Waals surface area contributed by atoms with E-state index in [-0.39, 0.29) is 17.7 Å². The van der Waals surface area contributed by atoms with Gasteiger partial charge in [0.1, 0.15) is 0 Å². The summed E-state index contributed by atoms with van der Waals surface area (Å²) in [4.78, 5) is 12.6. The highest BCUT2D eigenvalue weighted by molar-refractivity contribution is 8.00. The Hall–Kier alpha value is -1.88. The predicted octanol–water partition coefficient (Wildman–Crippen LogP) is 5.13. The Balaban J connectivity index is 1.85. The molecule has 2 rings (SSSR count). The van der Waals surface area contributed by atoms with Crippen molar-refractivity contribution in [1.29, 1.82) is 0 Å². The minimum atomic E-state index is -0.903. The summed E-state index contributed by atoms with van der Waals surface area (Å²) in [6.07, 6.45) is 1.03. The maximum Gasteiger partial charge on any atom is 0.230 e. The van der Waals surface area contributed by atoms with Crippen molar-refractivity contribution < 1.29 is 13.6 Å². The number of halogens is 2. The topological polar surface area (TPSA) is 29.1 Å². The van der Waals surface area contributed by atoms with Crippen LogP contribution < -0.4 is 5.32 Å². The summed E-state index contributed by atoms with van der Waals surface area (Å²) in [6, 6.07) is 11.8. The van der Waals surface area contributed by atoms with E-state index in [0.29, 0.717) is 10.8 Å². The molecule has 0 aromatic heterocycles. The molecule has 0 aliphatic rings. The van der Waals surface area contributed by atoms with E-state index in [1.807, 2.05) is 19.1 Å². The Kier molecular flexibility index (Phi) is 7.00. The summed E-state index contributed by atoms with van der Waals surface area (Å²) in [5.41, 5.74) is 2.32. The van der Waals surface area contributed by atoms with Crippen LogP contribution in [-0.4, -0.2) is 11.7 Å². The highest BCUT2D eigenvalue weighted by Crippen LogP contribution is 2.21. The van der Waals surface area contributed by atoms with E-state index < -0.39 is 11.6 Å². The molecule has 0 saturated heterocycles. The number of amides is 1. The van der Waals surface area contributed by atoms with Gasteiger partial charge in [-0.3, -0.25) is 4.79 Å². The number of hydrogen-bond acceptors (Lipinski definition) is 2. The van der Waals surface area contributed by atoms with E-state index in [2.05, 4.69) is 31.3 Å². The minimum Gasteiger partial charge on any atom is -0.349 e. The molecule has 2 aromatic carbocycles. The van der Waals surface area contributed by atoms with Crippen LogP contribution in [0.5, 0.6) is 0 Å². The lowest BCUT2D eigenvalue weighted by molar-refractivity contribution is -0.119. The third kappa shape index (κ3) is 6.16. The molecule has 0 saturated carbocycles. The molecule has 0 unspecified atom stereocenters. The predicted molar refractivity (Wildman–Crippen MR) is 98.6 cm³/mol. The van der Waals surface area contributed by atoms with Crippen LogP contribution in [0.2, 0.25) is 0 Å². The zero-order chi connectivity index (χ0) is 18.4. The molecule has 0 aliphatic heterocycles. The quantitative estimate of drug-likeness (QED) is 0.691. The Bertz CT molecular complexity index is 716. The molecule has 2 nitrogen and oxygen atoms in total. The summed E-state index contributed by atoms with van der Waals surface area (Å²) < 4.78 is 26.0. The highest BCUT2D eigenvalue weighted by Gasteiger charge is 2.11. The number of thioether (sulfide) groups is 1. The van der Waals surface area contributed by atoms with Gasteiger partial charge in [0.25, 0.3) is 0 Å². The second kappa shape index (κ2) is 8.99. The standard InChI is InChI=1S/C20H23F2NOS/c1-13(2)10-15-4-6-16(7-5-15)14(3)23-20(24)12-25-17-8-9-18(21)19(22)11-17/h4-9,11,13-14H,10,12H2,1-3H3,(H,23,24)/t14-/m0/s1. The van der Waals surface area contributed by atoms with Gasteiger partial charge in [-0.2, -0.15) is 0 Å². The summed E-state index contributed by atoms with van der Waals surface area (Å²) in [5.74, 6) is -1.17. The van der Waals surface area contributed by atoms with Crippen molar-refractivity contribution in [2.45, 2.75) is 38.1 Å². The van der Waals surface area contributed by atoms with Crippen LogP contribution in [-0.2, 0) is 11.2 Å². The van der Waals surface area contributed by atoms with Gasteiger partial charge in [0.15, 0.2) is 11.6 Å². The van der Waals surface area contributed by atoms with Gasteiger partial charge in [-0.1, -0.05) is 38.1 Å². The molecule has 1 atom stereocenters. The molecule has 0 fully saturated rings. The molecule has 134 valence electrons. The number of benzene rings is 2. The van der Waals surface area contributed by atoms with Crippen LogP contribution in [0.4, 0.5) is 8.78 Å². The number of hydrogen-bond donors (Lipinski definition) is 1. The minimum absolute atomic E-state index is 0.105. The number of carbonyl (C=O) groups is 1. The average Bonchev–Trinajstić information content (AvgIpc) is 2.56. The normalized spacial score (nSPS) is 12.2. The molecule has 0 heterocycles. The molecular formula is C20H23F2NOS. The first-order chi connectivity index (χ1) is 11.8. The van der Waals surface area contributed by atoms with E-state index in [4.69, 9.17) is 0 Å². The van der Waals surface area contributed by atoms with Gasteiger partial charge < -0.3 is 5.32 Å². The highest BCUT2D eigenvalue weighted by atomic mass is 32.2. The van der Waals surface area contributed by atoms with Crippen LogP contribution in [0.3, 0.4) is 0 Å². The maximum atomic E-state index is 13.2. The van der Waals surface area contributed by atoms with Gasteiger partial charge in [-0.15, -0.1) is 11.8 Å². The van der Waals surface area contributed by atoms with Gasteiger partial charge >= 0.3 is 0 Å². The zero-order valence-corrected chi connectivity index (χ0v) is 15.5. The third-order valence-corrected chi connectivity index (χ3v) is 4.76. The first-order valence-electron chi connectivity index (χ1n) is 8.31. The van der Waals surface area contributed by atoms with E-state index in [1.54, 1.807) is 0 Å². The van der Waals surface area contributed by atoms with E-state index in [1.165, 1.54) is 23.4 Å². The first kappa shape index (κ1) is 19.4. The molecule has 5 heteroatoms. The Morgan fingerprint density at radius 1 is 1.04 bits per heavy atom. The second-order valence-electron chi connectivity index (χ2n) is 6.49. The lowest BCUT2D eigenvalue weighted by Gasteiger charge is -2.15. The van der Waals surface area contributed by atoms with Crippen molar-refractivity contribution in [2.24, 2.45) is 5.92 Å². The van der Waals surface area contributed by atoms with Crippen molar-refractivity contribution in [3.63, 3.8) is 0 Å². The van der Waals surface area contributed by atoms with Gasteiger partial charge in [-0.25, -0.2) is 8.78 Å². The lowest BCUT2D eigenvalue weighted by atomic mass is 10.00. The molecule has 25 heavy (non-hydrogen) atoms. The van der Waals surface area contributed by atoms with Crippen molar-refractivity contribution in [1.82, 2.24) is 5.32 Å². The molecule has 0 bridgehead atoms. The van der Waals surface area contributed by atoms with Crippen LogP contribution in [0, 0.1) is 17.6 Å². The fraction of sp³-hybridized carbons (Fsp3) is 0.350. The van der Waals surface area contributed by atoms with Crippen LogP contribution in [0.25, 0.3) is 0 Å². The largest absolute Gasteiger partial charge is 0.349 e. The number of carbonyl (C=O) groups excluding carboxylic acids is 1. The smallest absolute Gasteiger partial charge is 0.230 e. The fourth-order valence-electron chi connectivity index (χ4n) is 2.50. The third-order valence-electron chi connectivity index (χ3n) is 3.76. The first-order valence-corrected chi connectivity index (χ1v) is 9.29. The van der Waals surface area contributed by atoms with E-state index in [0.717, 1.165) is 24.1 Å². The second-order valence-corrected chi connectivity index (χ2v) is 7.54. The molecule has 2 aromatic rings. The summed E-state index contributed by atoms with van der Waals surface area (Å²) in [6.45, 7) is 6.29. The average molecular weight is 363 g/mol. The summed E-state index contributed by atoms with van der Waals surface area (Å²) in [5, 5.41) is 2.93. The lowest BCUT2D eigenvalue weighted by Crippen LogP contribution is -2.28. The summed E-state index contributed by atoms with van der Waals surface area (Å²) in [7, 11) is 0. The van der Waals surface area contributed by atoms with Crippen molar-refractivity contribution in [3.05, 3.63) is 65.2 Å². The van der Waals surface area contributed by atoms with Crippen molar-refractivity contribution >= 4 is 17.7 Å². The fourth-order valence-corrected chi connectivity index (χ4v) is 3.23. The Morgan fingerprint density at radius 3 is 2.32 bits per heavy atom. The molecule has 1 N–H and O–H groups in total. The Labute approximate surface area is 152 Å². The molecule has 1 amide bonds. The van der Waals surface area contributed by atoms with Crippen LogP contribution >= 0.6 is 11.8 Å². The summed E-state index contributed by atoms with van der Waals surface area (Å²) >= 11 is 1.18. The zero-order valence-electron chi connectivity index (χ0n) is 14.7. The van der Waals surface area contributed by atoms with Crippen molar-refractivity contribution in [3.8, 4) is 0 Å². The van der Waals surface area contributed by atoms with Gasteiger partial charge in [-0.05, 0) is 48.6 Å². The van der Waals surface area contributed by atoms with Crippen LogP contribution in [0.1, 0.15) is 37.9 Å². The monoisotopic (exact) mass is 363 g/mol. The van der Waals surface area contributed by atoms with Gasteiger partial charge in [0, 0.05) is 4.90 Å². The van der Waals surface area contributed by atoms with Crippen molar-refractivity contribution in [2.75, 3.05) is 5.75 Å². The molecular weight excluding hydrogens is 340 g/mol.